The lowest BCUT2D eigenvalue weighted by Crippen LogP contribution is -2.29. The zero-order valence-corrected chi connectivity index (χ0v) is 13.4. The first-order valence-electron chi connectivity index (χ1n) is 6.05. The molecular formula is C14H24OS2. The maximum absolute atomic E-state index is 5.31. The van der Waals surface area contributed by atoms with E-state index in [2.05, 4.69) is 32.6 Å². The molecule has 1 aliphatic rings. The fourth-order valence-electron chi connectivity index (χ4n) is 1.37. The van der Waals surface area contributed by atoms with Crippen LogP contribution in [0.4, 0.5) is 0 Å². The SMILES string of the molecule is COC(C)(C)C#C[C@H]1SC[C@H](C(C)(C)C)CS1. The lowest BCUT2D eigenvalue weighted by Gasteiger charge is -2.34. The minimum Gasteiger partial charge on any atom is -0.366 e. The van der Waals surface area contributed by atoms with Gasteiger partial charge >= 0.3 is 0 Å². The Morgan fingerprint density at radius 1 is 1.06 bits per heavy atom. The Balaban J connectivity index is 2.48. The maximum Gasteiger partial charge on any atom is 0.122 e. The van der Waals surface area contributed by atoms with Gasteiger partial charge in [-0.05, 0) is 36.7 Å². The fourth-order valence-corrected chi connectivity index (χ4v) is 4.71. The van der Waals surface area contributed by atoms with Gasteiger partial charge in [-0.25, -0.2) is 0 Å². The van der Waals surface area contributed by atoms with Gasteiger partial charge in [0.2, 0.25) is 0 Å². The van der Waals surface area contributed by atoms with Gasteiger partial charge in [0.1, 0.15) is 10.2 Å². The van der Waals surface area contributed by atoms with Crippen LogP contribution in [-0.2, 0) is 4.74 Å². The lowest BCUT2D eigenvalue weighted by atomic mass is 9.83. The largest absolute Gasteiger partial charge is 0.366 e. The monoisotopic (exact) mass is 272 g/mol. The first-order valence-corrected chi connectivity index (χ1v) is 8.15. The van der Waals surface area contributed by atoms with Crippen LogP contribution in [-0.4, -0.2) is 28.8 Å². The first kappa shape index (κ1) is 15.3. The quantitative estimate of drug-likeness (QED) is 0.670. The number of hydrogen-bond donors (Lipinski definition) is 0. The van der Waals surface area contributed by atoms with Gasteiger partial charge < -0.3 is 4.74 Å². The highest BCUT2D eigenvalue weighted by atomic mass is 32.2. The summed E-state index contributed by atoms with van der Waals surface area (Å²) in [4.78, 5) is 0. The third-order valence-electron chi connectivity index (χ3n) is 3.12. The number of thioether (sulfide) groups is 2. The molecule has 0 bridgehead atoms. The van der Waals surface area contributed by atoms with E-state index in [1.165, 1.54) is 11.5 Å². The highest BCUT2D eigenvalue weighted by Gasteiger charge is 2.30. The van der Waals surface area contributed by atoms with Crippen molar-refractivity contribution < 1.29 is 4.74 Å². The van der Waals surface area contributed by atoms with Crippen LogP contribution in [0, 0.1) is 23.2 Å². The highest BCUT2D eigenvalue weighted by molar-refractivity contribution is 8.17. The molecule has 0 radical (unpaired) electrons. The Morgan fingerprint density at radius 2 is 1.59 bits per heavy atom. The van der Waals surface area contributed by atoms with Crippen LogP contribution in [0.5, 0.6) is 0 Å². The number of rotatable bonds is 1. The van der Waals surface area contributed by atoms with Gasteiger partial charge in [-0.3, -0.25) is 0 Å². The Hall–Kier alpha value is 0.220. The standard InChI is InChI=1S/C14H24OS2/c1-13(2,3)11-9-16-12(17-10-11)7-8-14(4,5)15-6/h11-12H,9-10H2,1-6H3/t11-,12-. The number of hydrogen-bond acceptors (Lipinski definition) is 3. The van der Waals surface area contributed by atoms with E-state index >= 15 is 0 Å². The van der Waals surface area contributed by atoms with Gasteiger partial charge in [0.05, 0.1) is 0 Å². The minimum atomic E-state index is -0.317. The first-order chi connectivity index (χ1) is 7.74. The molecule has 1 heterocycles. The van der Waals surface area contributed by atoms with Crippen molar-refractivity contribution in [2.75, 3.05) is 18.6 Å². The molecular weight excluding hydrogens is 248 g/mol. The molecule has 1 nitrogen and oxygen atoms in total. The zero-order chi connectivity index (χ0) is 13.1. The fraction of sp³-hybridized carbons (Fsp3) is 0.857. The highest BCUT2D eigenvalue weighted by Crippen LogP contribution is 2.40. The molecule has 1 aliphatic heterocycles. The second kappa shape index (κ2) is 5.91. The van der Waals surface area contributed by atoms with E-state index in [0.717, 1.165) is 5.92 Å². The normalized spacial score (nSPS) is 26.2. The summed E-state index contributed by atoms with van der Waals surface area (Å²) in [6.07, 6.45) is 0. The van der Waals surface area contributed by atoms with E-state index in [9.17, 15) is 0 Å². The van der Waals surface area contributed by atoms with Crippen LogP contribution < -0.4 is 0 Å². The van der Waals surface area contributed by atoms with Crippen molar-refractivity contribution in [3.05, 3.63) is 0 Å². The summed E-state index contributed by atoms with van der Waals surface area (Å²) in [5.74, 6) is 9.80. The minimum absolute atomic E-state index is 0.317. The van der Waals surface area contributed by atoms with Crippen molar-refractivity contribution >= 4 is 23.5 Å². The summed E-state index contributed by atoms with van der Waals surface area (Å²) in [5, 5.41) is 0. The second-order valence-electron chi connectivity index (χ2n) is 6.05. The molecule has 1 saturated heterocycles. The zero-order valence-electron chi connectivity index (χ0n) is 11.8. The van der Waals surface area contributed by atoms with Crippen molar-refractivity contribution in [3.8, 4) is 11.8 Å². The van der Waals surface area contributed by atoms with Crippen LogP contribution in [0.1, 0.15) is 34.6 Å². The van der Waals surface area contributed by atoms with Gasteiger partial charge in [0.15, 0.2) is 0 Å². The molecule has 0 unspecified atom stereocenters. The van der Waals surface area contributed by atoms with Crippen LogP contribution >= 0.6 is 23.5 Å². The summed E-state index contributed by atoms with van der Waals surface area (Å²) in [6.45, 7) is 11.0. The Labute approximate surface area is 115 Å². The Morgan fingerprint density at radius 3 is 2.00 bits per heavy atom. The summed E-state index contributed by atoms with van der Waals surface area (Å²) >= 11 is 3.97. The van der Waals surface area contributed by atoms with Crippen LogP contribution in [0.15, 0.2) is 0 Å². The van der Waals surface area contributed by atoms with Gasteiger partial charge in [-0.1, -0.05) is 32.6 Å². The van der Waals surface area contributed by atoms with E-state index in [-0.39, 0.29) is 5.60 Å². The smallest absolute Gasteiger partial charge is 0.122 e. The average molecular weight is 272 g/mol. The molecule has 0 aliphatic carbocycles. The molecule has 17 heavy (non-hydrogen) atoms. The molecule has 3 heteroatoms. The molecule has 1 rings (SSSR count). The van der Waals surface area contributed by atoms with Crippen molar-refractivity contribution in [1.82, 2.24) is 0 Å². The molecule has 1 fully saturated rings. The third-order valence-corrected chi connectivity index (χ3v) is 5.97. The average Bonchev–Trinajstić information content (AvgIpc) is 2.26. The predicted molar refractivity (Wildman–Crippen MR) is 80.5 cm³/mol. The molecule has 0 saturated carbocycles. The van der Waals surface area contributed by atoms with Crippen LogP contribution in [0.2, 0.25) is 0 Å². The topological polar surface area (TPSA) is 9.23 Å². The van der Waals surface area contributed by atoms with E-state index in [0.29, 0.717) is 10.00 Å². The molecule has 98 valence electrons. The Kier molecular flexibility index (Phi) is 5.31. The number of ether oxygens (including phenoxy) is 1. The molecule has 0 aromatic rings. The summed E-state index contributed by atoms with van der Waals surface area (Å²) in [6, 6.07) is 0. The third kappa shape index (κ3) is 5.16. The summed E-state index contributed by atoms with van der Waals surface area (Å²) < 4.78 is 5.73. The van der Waals surface area contributed by atoms with E-state index in [1.54, 1.807) is 7.11 Å². The van der Waals surface area contributed by atoms with Crippen molar-refractivity contribution in [2.24, 2.45) is 11.3 Å². The molecule has 0 atom stereocenters. The van der Waals surface area contributed by atoms with Crippen molar-refractivity contribution in [1.29, 1.82) is 0 Å². The maximum atomic E-state index is 5.31. The van der Waals surface area contributed by atoms with E-state index in [1.807, 2.05) is 37.4 Å². The number of methoxy groups -OCH3 is 1. The predicted octanol–water partition coefficient (Wildman–Crippen LogP) is 3.88. The van der Waals surface area contributed by atoms with Crippen LogP contribution in [0.25, 0.3) is 0 Å². The van der Waals surface area contributed by atoms with Gasteiger partial charge in [-0.15, -0.1) is 23.5 Å². The van der Waals surface area contributed by atoms with E-state index < -0.39 is 0 Å². The van der Waals surface area contributed by atoms with Gasteiger partial charge in [0.25, 0.3) is 0 Å². The van der Waals surface area contributed by atoms with Crippen LogP contribution in [0.3, 0.4) is 0 Å². The van der Waals surface area contributed by atoms with Crippen molar-refractivity contribution in [3.63, 3.8) is 0 Å². The summed E-state index contributed by atoms with van der Waals surface area (Å²) in [7, 11) is 1.71. The Bertz CT molecular complexity index is 298. The van der Waals surface area contributed by atoms with Gasteiger partial charge in [0, 0.05) is 7.11 Å². The molecule has 0 amide bonds. The summed E-state index contributed by atoms with van der Waals surface area (Å²) in [5.41, 5.74) is 0.103. The van der Waals surface area contributed by atoms with Gasteiger partial charge in [-0.2, -0.15) is 0 Å². The molecule has 0 aromatic carbocycles. The van der Waals surface area contributed by atoms with Crippen molar-refractivity contribution in [2.45, 2.75) is 44.8 Å². The molecule has 0 aromatic heterocycles. The second-order valence-corrected chi connectivity index (χ2v) is 8.62. The molecule has 0 N–H and O–H groups in total. The van der Waals surface area contributed by atoms with E-state index in [4.69, 9.17) is 4.74 Å². The molecule has 0 spiro atoms. The lowest BCUT2D eigenvalue weighted by molar-refractivity contribution is 0.0741.